The lowest BCUT2D eigenvalue weighted by Gasteiger charge is -2.13. The van der Waals surface area contributed by atoms with Crippen LogP contribution in [0.15, 0.2) is 22.7 Å². The SMILES string of the molecule is COc1ccc(Br)cc1CC1CCC(Br)C1. The Labute approximate surface area is 114 Å². The molecule has 2 unspecified atom stereocenters. The summed E-state index contributed by atoms with van der Waals surface area (Å²) < 4.78 is 6.54. The van der Waals surface area contributed by atoms with Crippen LogP contribution in [0.3, 0.4) is 0 Å². The molecular weight excluding hydrogens is 332 g/mol. The standard InChI is InChI=1S/C13H16Br2O/c1-16-13-5-4-12(15)8-10(13)6-9-2-3-11(14)7-9/h4-5,8-9,11H,2-3,6-7H2,1H3. The first kappa shape index (κ1) is 12.4. The number of halogens is 2. The third kappa shape index (κ3) is 3.01. The van der Waals surface area contributed by atoms with Gasteiger partial charge >= 0.3 is 0 Å². The Morgan fingerprint density at radius 2 is 2.19 bits per heavy atom. The first-order chi connectivity index (χ1) is 7.69. The van der Waals surface area contributed by atoms with E-state index in [-0.39, 0.29) is 0 Å². The third-order valence-electron chi connectivity index (χ3n) is 3.23. The van der Waals surface area contributed by atoms with Gasteiger partial charge in [0, 0.05) is 9.30 Å². The molecule has 0 heterocycles. The second kappa shape index (κ2) is 5.54. The fourth-order valence-electron chi connectivity index (χ4n) is 2.42. The Morgan fingerprint density at radius 3 is 2.81 bits per heavy atom. The van der Waals surface area contributed by atoms with Gasteiger partial charge in [-0.25, -0.2) is 0 Å². The van der Waals surface area contributed by atoms with Gasteiger partial charge in [-0.2, -0.15) is 0 Å². The lowest BCUT2D eigenvalue weighted by Crippen LogP contribution is -2.02. The Bertz CT molecular complexity index is 365. The van der Waals surface area contributed by atoms with Gasteiger partial charge in [-0.1, -0.05) is 31.9 Å². The van der Waals surface area contributed by atoms with Crippen molar-refractivity contribution in [2.24, 2.45) is 5.92 Å². The number of benzene rings is 1. The van der Waals surface area contributed by atoms with E-state index in [4.69, 9.17) is 4.74 Å². The summed E-state index contributed by atoms with van der Waals surface area (Å²) in [5.74, 6) is 1.81. The zero-order valence-corrected chi connectivity index (χ0v) is 12.6. The molecule has 1 aliphatic carbocycles. The predicted molar refractivity (Wildman–Crippen MR) is 74.5 cm³/mol. The van der Waals surface area contributed by atoms with Crippen LogP contribution >= 0.6 is 31.9 Å². The molecule has 0 spiro atoms. The molecule has 0 aliphatic heterocycles. The van der Waals surface area contributed by atoms with Gasteiger partial charge < -0.3 is 4.74 Å². The Morgan fingerprint density at radius 1 is 1.38 bits per heavy atom. The molecule has 0 saturated heterocycles. The van der Waals surface area contributed by atoms with Crippen molar-refractivity contribution in [3.8, 4) is 5.75 Å². The number of hydrogen-bond donors (Lipinski definition) is 0. The molecule has 0 bridgehead atoms. The monoisotopic (exact) mass is 346 g/mol. The van der Waals surface area contributed by atoms with Gasteiger partial charge in [0.25, 0.3) is 0 Å². The van der Waals surface area contributed by atoms with Gasteiger partial charge in [-0.15, -0.1) is 0 Å². The number of alkyl halides is 1. The van der Waals surface area contributed by atoms with Crippen molar-refractivity contribution in [2.45, 2.75) is 30.5 Å². The summed E-state index contributed by atoms with van der Waals surface area (Å²) in [4.78, 5) is 0.718. The molecule has 2 atom stereocenters. The summed E-state index contributed by atoms with van der Waals surface area (Å²) in [6, 6.07) is 6.25. The number of hydrogen-bond acceptors (Lipinski definition) is 1. The smallest absolute Gasteiger partial charge is 0.122 e. The van der Waals surface area contributed by atoms with Gasteiger partial charge in [-0.05, 0) is 55.4 Å². The maximum absolute atomic E-state index is 5.40. The fraction of sp³-hybridized carbons (Fsp3) is 0.538. The molecule has 0 radical (unpaired) electrons. The van der Waals surface area contributed by atoms with E-state index in [2.05, 4.69) is 37.9 Å². The van der Waals surface area contributed by atoms with Crippen molar-refractivity contribution >= 4 is 31.9 Å². The summed E-state index contributed by atoms with van der Waals surface area (Å²) in [5, 5.41) is 0. The minimum atomic E-state index is 0.718. The first-order valence-corrected chi connectivity index (χ1v) is 7.36. The molecule has 1 nitrogen and oxygen atoms in total. The summed E-state index contributed by atoms with van der Waals surface area (Å²) in [6.07, 6.45) is 5.05. The lowest BCUT2D eigenvalue weighted by molar-refractivity contribution is 0.404. The van der Waals surface area contributed by atoms with Crippen LogP contribution in [-0.4, -0.2) is 11.9 Å². The second-order valence-electron chi connectivity index (χ2n) is 4.44. The minimum Gasteiger partial charge on any atom is -0.496 e. The Kier molecular flexibility index (Phi) is 4.31. The minimum absolute atomic E-state index is 0.718. The second-order valence-corrected chi connectivity index (χ2v) is 6.65. The maximum Gasteiger partial charge on any atom is 0.122 e. The van der Waals surface area contributed by atoms with E-state index >= 15 is 0 Å². The van der Waals surface area contributed by atoms with E-state index in [1.807, 2.05) is 12.1 Å². The van der Waals surface area contributed by atoms with E-state index < -0.39 is 0 Å². The highest BCUT2D eigenvalue weighted by molar-refractivity contribution is 9.10. The zero-order chi connectivity index (χ0) is 11.5. The number of methoxy groups -OCH3 is 1. The average Bonchev–Trinajstić information content (AvgIpc) is 2.64. The molecule has 1 aromatic rings. The Hall–Kier alpha value is -0.0200. The normalized spacial score (nSPS) is 24.7. The molecule has 0 aromatic heterocycles. The molecule has 0 N–H and O–H groups in total. The van der Waals surface area contributed by atoms with Crippen molar-refractivity contribution in [1.29, 1.82) is 0 Å². The quantitative estimate of drug-likeness (QED) is 0.728. The molecule has 2 rings (SSSR count). The fourth-order valence-corrected chi connectivity index (χ4v) is 3.62. The van der Waals surface area contributed by atoms with Crippen molar-refractivity contribution in [3.63, 3.8) is 0 Å². The van der Waals surface area contributed by atoms with Gasteiger partial charge in [0.15, 0.2) is 0 Å². The van der Waals surface area contributed by atoms with Crippen molar-refractivity contribution in [1.82, 2.24) is 0 Å². The van der Waals surface area contributed by atoms with Crippen molar-refractivity contribution in [2.75, 3.05) is 7.11 Å². The van der Waals surface area contributed by atoms with Gasteiger partial charge in [0.1, 0.15) is 5.75 Å². The number of ether oxygens (including phenoxy) is 1. The van der Waals surface area contributed by atoms with Crippen LogP contribution in [0.2, 0.25) is 0 Å². The van der Waals surface area contributed by atoms with Crippen molar-refractivity contribution in [3.05, 3.63) is 28.2 Å². The molecule has 1 aromatic carbocycles. The first-order valence-electron chi connectivity index (χ1n) is 5.65. The molecule has 0 amide bonds. The summed E-state index contributed by atoms with van der Waals surface area (Å²) in [5.41, 5.74) is 1.32. The average molecular weight is 348 g/mol. The Balaban J connectivity index is 2.10. The van der Waals surface area contributed by atoms with E-state index in [1.165, 1.54) is 24.8 Å². The van der Waals surface area contributed by atoms with E-state index in [1.54, 1.807) is 7.11 Å². The van der Waals surface area contributed by atoms with Crippen LogP contribution in [0.5, 0.6) is 5.75 Å². The van der Waals surface area contributed by atoms with Crippen LogP contribution < -0.4 is 4.74 Å². The van der Waals surface area contributed by atoms with Gasteiger partial charge in [-0.3, -0.25) is 0 Å². The maximum atomic E-state index is 5.40. The van der Waals surface area contributed by atoms with Crippen LogP contribution in [0, 0.1) is 5.92 Å². The predicted octanol–water partition coefficient (Wildman–Crippen LogP) is 4.56. The van der Waals surface area contributed by atoms with Crippen LogP contribution in [0.4, 0.5) is 0 Å². The van der Waals surface area contributed by atoms with Crippen LogP contribution in [0.25, 0.3) is 0 Å². The highest BCUT2D eigenvalue weighted by Gasteiger charge is 2.23. The third-order valence-corrected chi connectivity index (χ3v) is 4.55. The molecular formula is C13H16Br2O. The highest BCUT2D eigenvalue weighted by atomic mass is 79.9. The zero-order valence-electron chi connectivity index (χ0n) is 9.38. The molecule has 3 heteroatoms. The molecule has 1 fully saturated rings. The summed E-state index contributed by atoms with van der Waals surface area (Å²) >= 11 is 7.22. The summed E-state index contributed by atoms with van der Waals surface area (Å²) in [7, 11) is 1.74. The van der Waals surface area contributed by atoms with Gasteiger partial charge in [0.2, 0.25) is 0 Å². The van der Waals surface area contributed by atoms with E-state index in [0.29, 0.717) is 0 Å². The van der Waals surface area contributed by atoms with E-state index in [9.17, 15) is 0 Å². The van der Waals surface area contributed by atoms with E-state index in [0.717, 1.165) is 27.4 Å². The largest absolute Gasteiger partial charge is 0.496 e. The highest BCUT2D eigenvalue weighted by Crippen LogP contribution is 2.35. The van der Waals surface area contributed by atoms with Gasteiger partial charge in [0.05, 0.1) is 7.11 Å². The molecule has 88 valence electrons. The number of rotatable bonds is 3. The van der Waals surface area contributed by atoms with Crippen molar-refractivity contribution < 1.29 is 4.74 Å². The molecule has 1 saturated carbocycles. The topological polar surface area (TPSA) is 9.23 Å². The van der Waals surface area contributed by atoms with Crippen LogP contribution in [-0.2, 0) is 6.42 Å². The molecule has 16 heavy (non-hydrogen) atoms. The lowest BCUT2D eigenvalue weighted by atomic mass is 9.97. The van der Waals surface area contributed by atoms with Crippen LogP contribution in [0.1, 0.15) is 24.8 Å². The molecule has 1 aliphatic rings. The summed E-state index contributed by atoms with van der Waals surface area (Å²) in [6.45, 7) is 0.